The summed E-state index contributed by atoms with van der Waals surface area (Å²) in [6.07, 6.45) is 4.45. The molecule has 0 fully saturated rings. The van der Waals surface area contributed by atoms with Crippen LogP contribution in [0.3, 0.4) is 0 Å². The Bertz CT molecular complexity index is 582. The second kappa shape index (κ2) is 5.72. The normalized spacial score (nSPS) is 9.74. The maximum atomic E-state index is 11.9. The van der Waals surface area contributed by atoms with Gasteiger partial charge in [0.1, 0.15) is 5.75 Å². The van der Waals surface area contributed by atoms with Crippen molar-refractivity contribution in [2.45, 2.75) is 6.92 Å². The van der Waals surface area contributed by atoms with Crippen LogP contribution in [-0.2, 0) is 4.79 Å². The first-order valence-electron chi connectivity index (χ1n) is 5.51. The highest BCUT2D eigenvalue weighted by molar-refractivity contribution is 6.03. The van der Waals surface area contributed by atoms with Gasteiger partial charge in [-0.1, -0.05) is 0 Å². The van der Waals surface area contributed by atoms with E-state index in [2.05, 4.69) is 15.3 Å². The maximum Gasteiger partial charge on any atom is 0.308 e. The molecule has 0 unspecified atom stereocenters. The number of carbonyl (C=O) groups excluding carboxylic acids is 2. The van der Waals surface area contributed by atoms with Crippen molar-refractivity contribution in [3.63, 3.8) is 0 Å². The van der Waals surface area contributed by atoms with Gasteiger partial charge in [0, 0.05) is 24.9 Å². The summed E-state index contributed by atoms with van der Waals surface area (Å²) >= 11 is 0. The molecule has 0 saturated heterocycles. The number of carbonyl (C=O) groups is 2. The number of anilines is 1. The Morgan fingerprint density at radius 1 is 1.16 bits per heavy atom. The van der Waals surface area contributed by atoms with Crippen molar-refractivity contribution in [2.75, 3.05) is 5.32 Å². The number of ether oxygens (including phenoxy) is 1. The number of nitrogens with one attached hydrogen (secondary N) is 1. The molecule has 1 amide bonds. The lowest BCUT2D eigenvalue weighted by Gasteiger charge is -2.05. The third kappa shape index (κ3) is 3.60. The van der Waals surface area contributed by atoms with Gasteiger partial charge in [0.05, 0.1) is 6.20 Å². The fraction of sp³-hybridized carbons (Fsp3) is 0.0769. The number of amides is 1. The van der Waals surface area contributed by atoms with Gasteiger partial charge in [-0.2, -0.15) is 0 Å². The lowest BCUT2D eigenvalue weighted by Crippen LogP contribution is -2.13. The second-order valence-corrected chi connectivity index (χ2v) is 3.66. The molecule has 1 aromatic heterocycles. The minimum atomic E-state index is -0.406. The van der Waals surface area contributed by atoms with Crippen LogP contribution in [0.15, 0.2) is 42.9 Å². The summed E-state index contributed by atoms with van der Waals surface area (Å²) in [4.78, 5) is 30.4. The highest BCUT2D eigenvalue weighted by atomic mass is 16.5. The molecule has 1 heterocycles. The van der Waals surface area contributed by atoms with Gasteiger partial charge in [-0.15, -0.1) is 0 Å². The SMILES string of the molecule is CC(=O)Oc1ccc(C(=O)Nc2cnccn2)cc1. The van der Waals surface area contributed by atoms with Crippen LogP contribution < -0.4 is 10.1 Å². The monoisotopic (exact) mass is 257 g/mol. The first-order chi connectivity index (χ1) is 9.15. The molecular formula is C13H11N3O3. The minimum absolute atomic E-state index is 0.310. The average Bonchev–Trinajstić information content (AvgIpc) is 2.40. The average molecular weight is 257 g/mol. The Hall–Kier alpha value is -2.76. The fourth-order valence-electron chi connectivity index (χ4n) is 1.39. The molecule has 0 saturated carbocycles. The molecule has 2 rings (SSSR count). The van der Waals surface area contributed by atoms with Gasteiger partial charge in [-0.25, -0.2) is 4.98 Å². The van der Waals surface area contributed by atoms with Crippen LogP contribution in [0.5, 0.6) is 5.75 Å². The van der Waals surface area contributed by atoms with Crippen molar-refractivity contribution in [2.24, 2.45) is 0 Å². The molecule has 1 N–H and O–H groups in total. The number of nitrogens with zero attached hydrogens (tertiary/aromatic N) is 2. The summed E-state index contributed by atoms with van der Waals surface area (Å²) in [6, 6.07) is 6.22. The summed E-state index contributed by atoms with van der Waals surface area (Å²) in [6.45, 7) is 1.31. The highest BCUT2D eigenvalue weighted by Crippen LogP contribution is 2.13. The Kier molecular flexibility index (Phi) is 3.82. The lowest BCUT2D eigenvalue weighted by atomic mass is 10.2. The summed E-state index contributed by atoms with van der Waals surface area (Å²) in [5.41, 5.74) is 0.432. The van der Waals surface area contributed by atoms with Crippen LogP contribution in [-0.4, -0.2) is 21.8 Å². The van der Waals surface area contributed by atoms with Crippen LogP contribution in [0.2, 0.25) is 0 Å². The minimum Gasteiger partial charge on any atom is -0.427 e. The third-order valence-electron chi connectivity index (χ3n) is 2.18. The Morgan fingerprint density at radius 2 is 1.89 bits per heavy atom. The van der Waals surface area contributed by atoms with Gasteiger partial charge < -0.3 is 10.1 Å². The molecule has 0 bridgehead atoms. The Labute approximate surface area is 109 Å². The molecule has 0 aliphatic rings. The third-order valence-corrected chi connectivity index (χ3v) is 2.18. The predicted octanol–water partition coefficient (Wildman–Crippen LogP) is 1.65. The van der Waals surface area contributed by atoms with E-state index in [0.717, 1.165) is 0 Å². The predicted molar refractivity (Wildman–Crippen MR) is 67.7 cm³/mol. The van der Waals surface area contributed by atoms with Crippen molar-refractivity contribution in [1.82, 2.24) is 9.97 Å². The molecule has 1 aromatic carbocycles. The number of benzene rings is 1. The number of hydrogen-bond acceptors (Lipinski definition) is 5. The first kappa shape index (κ1) is 12.7. The van der Waals surface area contributed by atoms with Gasteiger partial charge >= 0.3 is 5.97 Å². The molecule has 0 aliphatic carbocycles. The molecule has 0 spiro atoms. The van der Waals surface area contributed by atoms with Crippen molar-refractivity contribution in [3.8, 4) is 5.75 Å². The molecule has 6 heteroatoms. The summed E-state index contributed by atoms with van der Waals surface area (Å²) in [7, 11) is 0. The quantitative estimate of drug-likeness (QED) is 0.668. The van der Waals surface area contributed by atoms with Crippen molar-refractivity contribution in [1.29, 1.82) is 0 Å². The van der Waals surface area contributed by atoms with E-state index in [1.807, 2.05) is 0 Å². The number of hydrogen-bond donors (Lipinski definition) is 1. The molecule has 0 atom stereocenters. The number of rotatable bonds is 3. The van der Waals surface area contributed by atoms with Crippen LogP contribution in [0.1, 0.15) is 17.3 Å². The molecular weight excluding hydrogens is 246 g/mol. The number of esters is 1. The Balaban J connectivity index is 2.05. The molecule has 6 nitrogen and oxygen atoms in total. The zero-order valence-corrected chi connectivity index (χ0v) is 10.2. The van der Waals surface area contributed by atoms with Gasteiger partial charge in [0.25, 0.3) is 5.91 Å². The lowest BCUT2D eigenvalue weighted by molar-refractivity contribution is -0.131. The summed E-state index contributed by atoms with van der Waals surface area (Å²) in [5.74, 6) is 0.0479. The van der Waals surface area contributed by atoms with Crippen LogP contribution in [0.4, 0.5) is 5.82 Å². The highest BCUT2D eigenvalue weighted by Gasteiger charge is 2.07. The first-order valence-corrected chi connectivity index (χ1v) is 5.51. The largest absolute Gasteiger partial charge is 0.427 e. The molecule has 96 valence electrons. The fourth-order valence-corrected chi connectivity index (χ4v) is 1.39. The van der Waals surface area contributed by atoms with Gasteiger partial charge in [0.2, 0.25) is 0 Å². The Morgan fingerprint density at radius 3 is 2.47 bits per heavy atom. The standard InChI is InChI=1S/C13H11N3O3/c1-9(17)19-11-4-2-10(3-5-11)13(18)16-12-8-14-6-7-15-12/h2-8H,1H3,(H,15,16,18). The molecule has 19 heavy (non-hydrogen) atoms. The summed E-state index contributed by atoms with van der Waals surface area (Å²) < 4.78 is 4.87. The van der Waals surface area contributed by atoms with Gasteiger partial charge in [-0.3, -0.25) is 14.6 Å². The zero-order chi connectivity index (χ0) is 13.7. The zero-order valence-electron chi connectivity index (χ0n) is 10.2. The van der Waals surface area contributed by atoms with Gasteiger partial charge in [-0.05, 0) is 24.3 Å². The van der Waals surface area contributed by atoms with Gasteiger partial charge in [0.15, 0.2) is 5.82 Å². The van der Waals surface area contributed by atoms with E-state index >= 15 is 0 Å². The van der Waals surface area contributed by atoms with E-state index in [1.54, 1.807) is 24.3 Å². The topological polar surface area (TPSA) is 81.2 Å². The molecule has 2 aromatic rings. The van der Waals surface area contributed by atoms with Crippen molar-refractivity contribution < 1.29 is 14.3 Å². The van der Waals surface area contributed by atoms with E-state index in [1.165, 1.54) is 25.5 Å². The van der Waals surface area contributed by atoms with E-state index in [9.17, 15) is 9.59 Å². The van der Waals surface area contributed by atoms with E-state index in [-0.39, 0.29) is 5.91 Å². The van der Waals surface area contributed by atoms with Crippen molar-refractivity contribution in [3.05, 3.63) is 48.4 Å². The van der Waals surface area contributed by atoms with Crippen LogP contribution in [0.25, 0.3) is 0 Å². The van der Waals surface area contributed by atoms with Crippen molar-refractivity contribution >= 4 is 17.7 Å². The maximum absolute atomic E-state index is 11.9. The van der Waals surface area contributed by atoms with Crippen LogP contribution >= 0.6 is 0 Å². The molecule has 0 aliphatic heterocycles. The second-order valence-electron chi connectivity index (χ2n) is 3.66. The smallest absolute Gasteiger partial charge is 0.308 e. The summed E-state index contributed by atoms with van der Waals surface area (Å²) in [5, 5.41) is 2.60. The van der Waals surface area contributed by atoms with E-state index in [4.69, 9.17) is 4.74 Å². The number of aromatic nitrogens is 2. The van der Waals surface area contributed by atoms with Crippen LogP contribution in [0, 0.1) is 0 Å². The molecule has 0 radical (unpaired) electrons. The van der Waals surface area contributed by atoms with E-state index in [0.29, 0.717) is 17.1 Å². The van der Waals surface area contributed by atoms with E-state index < -0.39 is 5.97 Å².